The van der Waals surface area contributed by atoms with Crippen LogP contribution in [0.2, 0.25) is 0 Å². The summed E-state index contributed by atoms with van der Waals surface area (Å²) in [5.74, 6) is 0.261. The molecule has 1 N–H and O–H groups in total. The Labute approximate surface area is 125 Å². The van der Waals surface area contributed by atoms with Gasteiger partial charge < -0.3 is 9.84 Å². The molecule has 2 aliphatic heterocycles. The Kier molecular flexibility index (Phi) is 3.41. The third-order valence-corrected chi connectivity index (χ3v) is 6.47. The number of thiol groups is 1. The number of hydrogen-bond acceptors (Lipinski definition) is 3. The van der Waals surface area contributed by atoms with Crippen LogP contribution in [0.3, 0.4) is 0 Å². The number of carboxylic acids is 1. The Morgan fingerprint density at radius 1 is 1.52 bits per heavy atom. The van der Waals surface area contributed by atoms with Crippen LogP contribution in [0.5, 0.6) is 5.75 Å². The Morgan fingerprint density at radius 3 is 2.90 bits per heavy atom. The number of rotatable bonds is 3. The lowest BCUT2D eigenvalue weighted by Crippen LogP contribution is -2.54. The van der Waals surface area contributed by atoms with E-state index in [2.05, 4.69) is 6.92 Å². The van der Waals surface area contributed by atoms with Crippen molar-refractivity contribution in [1.29, 1.82) is 0 Å². The van der Waals surface area contributed by atoms with Crippen molar-refractivity contribution in [3.8, 4) is 5.75 Å². The van der Waals surface area contributed by atoms with E-state index in [4.69, 9.17) is 4.74 Å². The van der Waals surface area contributed by atoms with E-state index in [1.165, 1.54) is 4.90 Å². The molecule has 0 spiro atoms. The van der Waals surface area contributed by atoms with E-state index in [1.54, 1.807) is 13.2 Å². The number of hydrogen-bond donors (Lipinski definition) is 2. The van der Waals surface area contributed by atoms with Gasteiger partial charge in [0.1, 0.15) is 11.4 Å². The van der Waals surface area contributed by atoms with Gasteiger partial charge in [0, 0.05) is 10.6 Å². The molecule has 21 heavy (non-hydrogen) atoms. The highest BCUT2D eigenvalue weighted by Crippen LogP contribution is 2.54. The summed E-state index contributed by atoms with van der Waals surface area (Å²) in [6.45, 7) is 3.94. The zero-order valence-electron chi connectivity index (χ0n) is 11.6. The van der Waals surface area contributed by atoms with Crippen LogP contribution in [0, 0.1) is 6.92 Å². The summed E-state index contributed by atoms with van der Waals surface area (Å²) in [6, 6.07) is 5.73. The minimum Gasteiger partial charge on any atom is -0.496 e. The molecule has 3 rings (SSSR count). The maximum atomic E-state index is 11.8. The number of aliphatic carboxylic acids is 1. The number of carbonyl (C=O) groups excluding carboxylic acids is 1. The number of methoxy groups -OCH3 is 1. The van der Waals surface area contributed by atoms with E-state index in [1.807, 2.05) is 18.2 Å². The number of carbonyl (C=O) groups is 2. The van der Waals surface area contributed by atoms with Crippen LogP contribution < -0.4 is 4.74 Å². The van der Waals surface area contributed by atoms with Gasteiger partial charge in [-0.25, -0.2) is 4.79 Å². The molecule has 1 fully saturated rings. The third-order valence-electron chi connectivity index (χ3n) is 3.80. The molecule has 2 aliphatic rings. The average molecular weight is 306 g/mol. The lowest BCUT2D eigenvalue weighted by molar-refractivity contribution is -0.146. The van der Waals surface area contributed by atoms with Gasteiger partial charge in [-0.1, -0.05) is 6.07 Å². The van der Waals surface area contributed by atoms with Crippen LogP contribution in [0.1, 0.15) is 12.0 Å². The highest BCUT2D eigenvalue weighted by atomic mass is 32.2. The van der Waals surface area contributed by atoms with Gasteiger partial charge in [-0.2, -0.15) is 10.9 Å². The molecular weight excluding hydrogens is 290 g/mol. The predicted molar refractivity (Wildman–Crippen MR) is 80.5 cm³/mol. The number of benzene rings is 1. The van der Waals surface area contributed by atoms with Crippen molar-refractivity contribution in [2.24, 2.45) is 0 Å². The summed E-state index contributed by atoms with van der Waals surface area (Å²) in [5, 5.41) is 9.15. The maximum absolute atomic E-state index is 11.8. The standard InChI is InChI=1S/C15H16NO4S/c1-9-3-4-11(20-2)12(7-9)21-6-5-10(15(18)19)16-13(17)8-14(16)21/h3-5,7,14,21H,1,6,8H2,2H3,(H,18,19). The highest BCUT2D eigenvalue weighted by molar-refractivity contribution is 8.17. The summed E-state index contributed by atoms with van der Waals surface area (Å²) in [4.78, 5) is 25.5. The molecule has 1 saturated heterocycles. The second kappa shape index (κ2) is 5.11. The SMILES string of the molecule is [CH2]c1ccc(OC)c([SH]2CC=C(C(=O)O)N3C(=O)CC32)c1. The van der Waals surface area contributed by atoms with Crippen molar-refractivity contribution in [2.75, 3.05) is 12.9 Å². The second-order valence-corrected chi connectivity index (χ2v) is 7.38. The van der Waals surface area contributed by atoms with Crippen LogP contribution in [-0.2, 0) is 9.59 Å². The summed E-state index contributed by atoms with van der Waals surface area (Å²) in [5.41, 5.74) is 0.998. The number of fused-ring (bicyclic) bond motifs is 1. The topological polar surface area (TPSA) is 66.8 Å². The quantitative estimate of drug-likeness (QED) is 0.660. The summed E-state index contributed by atoms with van der Waals surface area (Å²) < 4.78 is 5.41. The largest absolute Gasteiger partial charge is 0.496 e. The van der Waals surface area contributed by atoms with Gasteiger partial charge >= 0.3 is 5.97 Å². The van der Waals surface area contributed by atoms with Gasteiger partial charge in [0.05, 0.1) is 18.9 Å². The van der Waals surface area contributed by atoms with Crippen LogP contribution in [0.4, 0.5) is 0 Å². The van der Waals surface area contributed by atoms with Crippen molar-refractivity contribution in [1.82, 2.24) is 4.90 Å². The molecule has 1 aromatic carbocycles. The molecule has 2 unspecified atom stereocenters. The van der Waals surface area contributed by atoms with Gasteiger partial charge in [-0.15, -0.1) is 0 Å². The van der Waals surface area contributed by atoms with Gasteiger partial charge in [0.2, 0.25) is 5.91 Å². The Hall–Kier alpha value is -1.95. The molecule has 1 radical (unpaired) electrons. The van der Waals surface area contributed by atoms with E-state index < -0.39 is 16.9 Å². The fourth-order valence-electron chi connectivity index (χ4n) is 2.76. The zero-order valence-corrected chi connectivity index (χ0v) is 12.5. The minimum atomic E-state index is -1.04. The van der Waals surface area contributed by atoms with Crippen LogP contribution in [-0.4, -0.2) is 40.1 Å². The molecule has 1 amide bonds. The maximum Gasteiger partial charge on any atom is 0.352 e. The van der Waals surface area contributed by atoms with E-state index in [0.29, 0.717) is 12.2 Å². The number of amides is 1. The van der Waals surface area contributed by atoms with Crippen molar-refractivity contribution >= 4 is 22.8 Å². The number of carboxylic acid groups (broad SMARTS) is 1. The van der Waals surface area contributed by atoms with Crippen molar-refractivity contribution in [3.05, 3.63) is 42.5 Å². The number of ether oxygens (including phenoxy) is 1. The van der Waals surface area contributed by atoms with Gasteiger partial charge in [0.15, 0.2) is 0 Å². The van der Waals surface area contributed by atoms with E-state index in [0.717, 1.165) is 16.2 Å². The molecule has 0 saturated carbocycles. The Morgan fingerprint density at radius 2 is 2.29 bits per heavy atom. The Bertz CT molecular complexity index is 655. The van der Waals surface area contributed by atoms with Crippen molar-refractivity contribution in [3.63, 3.8) is 0 Å². The first kappa shape index (κ1) is 14.0. The minimum absolute atomic E-state index is 0.0423. The molecule has 1 aromatic rings. The predicted octanol–water partition coefficient (Wildman–Crippen LogP) is 1.78. The van der Waals surface area contributed by atoms with Crippen molar-refractivity contribution < 1.29 is 19.4 Å². The fourth-order valence-corrected chi connectivity index (χ4v) is 5.58. The zero-order chi connectivity index (χ0) is 15.1. The summed E-state index contributed by atoms with van der Waals surface area (Å²) in [6.07, 6.45) is 2.05. The first-order valence-electron chi connectivity index (χ1n) is 6.55. The number of nitrogens with zero attached hydrogens (tertiary/aromatic N) is 1. The van der Waals surface area contributed by atoms with E-state index in [9.17, 15) is 14.7 Å². The molecule has 5 nitrogen and oxygen atoms in total. The highest BCUT2D eigenvalue weighted by Gasteiger charge is 2.46. The monoisotopic (exact) mass is 306 g/mol. The summed E-state index contributed by atoms with van der Waals surface area (Å²) >= 11 is 0. The smallest absolute Gasteiger partial charge is 0.352 e. The average Bonchev–Trinajstić information content (AvgIpc) is 2.45. The lowest BCUT2D eigenvalue weighted by atomic mass is 10.1. The normalized spacial score (nSPS) is 25.7. The second-order valence-electron chi connectivity index (χ2n) is 5.00. The van der Waals surface area contributed by atoms with Crippen LogP contribution in [0.25, 0.3) is 0 Å². The van der Waals surface area contributed by atoms with Crippen molar-refractivity contribution in [2.45, 2.75) is 16.7 Å². The molecule has 0 aromatic heterocycles. The summed E-state index contributed by atoms with van der Waals surface area (Å²) in [7, 11) is 0.913. The molecule has 0 bridgehead atoms. The molecule has 111 valence electrons. The molecule has 2 heterocycles. The van der Waals surface area contributed by atoms with E-state index >= 15 is 0 Å². The molecule has 6 heteroatoms. The molecule has 2 atom stereocenters. The molecule has 0 aliphatic carbocycles. The lowest BCUT2D eigenvalue weighted by Gasteiger charge is -2.49. The fraction of sp³-hybridized carbons (Fsp3) is 0.267. The van der Waals surface area contributed by atoms with Gasteiger partial charge in [-0.05, 0) is 30.7 Å². The van der Waals surface area contributed by atoms with Gasteiger partial charge in [-0.3, -0.25) is 9.69 Å². The molecular formula is C15H16NO4S. The first-order valence-corrected chi connectivity index (χ1v) is 8.14. The van der Waals surface area contributed by atoms with E-state index in [-0.39, 0.29) is 17.0 Å². The van der Waals surface area contributed by atoms with Gasteiger partial charge in [0.25, 0.3) is 0 Å². The number of β-lactam (4-membered cyclic amide) rings is 1. The van der Waals surface area contributed by atoms with Crippen LogP contribution >= 0.6 is 10.9 Å². The van der Waals surface area contributed by atoms with Crippen LogP contribution in [0.15, 0.2) is 34.9 Å². The third kappa shape index (κ3) is 2.19. The first-order chi connectivity index (χ1) is 10.0. The Balaban J connectivity index is 2.00.